The molecule has 7 nitrogen and oxygen atoms in total. The number of likely N-dealkylation sites (tertiary alicyclic amines) is 1. The standard InChI is InChI=1S/C28H29N5O2/c1-20(34)31-26-17-23(28(35)32-14-7-10-22(18-32)21-8-3-2-4-9-21)16-25-27(26)33(19-30-25)15-12-24-11-5-6-13-29-24/h2-6,8-9,11,13,16-17,19,22H,7,10,12,14-15,18H2,1H3,(H,31,34). The second-order valence-corrected chi connectivity index (χ2v) is 9.08. The van der Waals surface area contributed by atoms with E-state index in [4.69, 9.17) is 0 Å². The fourth-order valence-electron chi connectivity index (χ4n) is 4.91. The minimum absolute atomic E-state index is 0.0258. The van der Waals surface area contributed by atoms with E-state index in [1.807, 2.05) is 51.9 Å². The summed E-state index contributed by atoms with van der Waals surface area (Å²) in [7, 11) is 0. The zero-order valence-electron chi connectivity index (χ0n) is 19.9. The molecule has 7 heteroatoms. The third-order valence-electron chi connectivity index (χ3n) is 6.59. The molecule has 0 aliphatic carbocycles. The minimum Gasteiger partial charge on any atom is -0.338 e. The number of aryl methyl sites for hydroxylation is 2. The lowest BCUT2D eigenvalue weighted by Gasteiger charge is -2.33. The van der Waals surface area contributed by atoms with E-state index in [0.717, 1.165) is 37.0 Å². The zero-order chi connectivity index (χ0) is 24.2. The topological polar surface area (TPSA) is 80.1 Å². The summed E-state index contributed by atoms with van der Waals surface area (Å²) in [5.74, 6) is 0.121. The number of carbonyl (C=O) groups excluding carboxylic acids is 2. The normalized spacial score (nSPS) is 15.8. The summed E-state index contributed by atoms with van der Waals surface area (Å²) in [4.78, 5) is 36.4. The summed E-state index contributed by atoms with van der Waals surface area (Å²) in [6.07, 6.45) is 6.32. The molecule has 2 aromatic carbocycles. The number of carbonyl (C=O) groups is 2. The molecule has 0 radical (unpaired) electrons. The first kappa shape index (κ1) is 22.8. The van der Waals surface area contributed by atoms with Crippen LogP contribution in [0.3, 0.4) is 0 Å². The Bertz CT molecular complexity index is 1330. The highest BCUT2D eigenvalue weighted by Gasteiger charge is 2.26. The van der Waals surface area contributed by atoms with E-state index in [0.29, 0.717) is 35.8 Å². The van der Waals surface area contributed by atoms with Crippen molar-refractivity contribution in [3.05, 3.63) is 90.0 Å². The van der Waals surface area contributed by atoms with E-state index >= 15 is 0 Å². The van der Waals surface area contributed by atoms with E-state index in [1.165, 1.54) is 12.5 Å². The van der Waals surface area contributed by atoms with Crippen molar-refractivity contribution in [2.75, 3.05) is 18.4 Å². The molecule has 35 heavy (non-hydrogen) atoms. The van der Waals surface area contributed by atoms with Crippen LogP contribution in [0, 0.1) is 0 Å². The highest BCUT2D eigenvalue weighted by Crippen LogP contribution is 2.30. The van der Waals surface area contributed by atoms with E-state index in [1.54, 1.807) is 18.6 Å². The van der Waals surface area contributed by atoms with Gasteiger partial charge in [0.15, 0.2) is 0 Å². The summed E-state index contributed by atoms with van der Waals surface area (Å²) in [5.41, 5.74) is 4.91. The second-order valence-electron chi connectivity index (χ2n) is 9.08. The molecule has 0 bridgehead atoms. The van der Waals surface area contributed by atoms with Crippen LogP contribution in [0.5, 0.6) is 0 Å². The van der Waals surface area contributed by atoms with Gasteiger partial charge in [-0.05, 0) is 42.7 Å². The second kappa shape index (κ2) is 10.1. The van der Waals surface area contributed by atoms with Crippen LogP contribution >= 0.6 is 0 Å². The van der Waals surface area contributed by atoms with Gasteiger partial charge in [-0.25, -0.2) is 4.98 Å². The number of benzene rings is 2. The molecular weight excluding hydrogens is 438 g/mol. The third kappa shape index (κ3) is 5.09. The Hall–Kier alpha value is -4.00. The molecule has 1 N–H and O–H groups in total. The number of fused-ring (bicyclic) bond motifs is 1. The Morgan fingerprint density at radius 1 is 1.06 bits per heavy atom. The van der Waals surface area contributed by atoms with Crippen molar-refractivity contribution in [3.63, 3.8) is 0 Å². The number of hydrogen-bond donors (Lipinski definition) is 1. The lowest BCUT2D eigenvalue weighted by atomic mass is 9.90. The molecule has 1 atom stereocenters. The highest BCUT2D eigenvalue weighted by atomic mass is 16.2. The van der Waals surface area contributed by atoms with Crippen LogP contribution in [0.2, 0.25) is 0 Å². The molecule has 1 aliphatic rings. The van der Waals surface area contributed by atoms with Gasteiger partial charge in [0.2, 0.25) is 5.91 Å². The summed E-state index contributed by atoms with van der Waals surface area (Å²) in [5, 5.41) is 2.92. The minimum atomic E-state index is -0.185. The molecular formula is C28H29N5O2. The maximum absolute atomic E-state index is 13.5. The largest absolute Gasteiger partial charge is 0.338 e. The highest BCUT2D eigenvalue weighted by molar-refractivity contribution is 6.05. The molecule has 2 aromatic heterocycles. The van der Waals surface area contributed by atoms with Crippen molar-refractivity contribution >= 4 is 28.5 Å². The number of anilines is 1. The number of amides is 2. The van der Waals surface area contributed by atoms with Gasteiger partial charge >= 0.3 is 0 Å². The van der Waals surface area contributed by atoms with Crippen LogP contribution in [0.15, 0.2) is 73.2 Å². The maximum atomic E-state index is 13.5. The van der Waals surface area contributed by atoms with Crippen molar-refractivity contribution in [1.82, 2.24) is 19.4 Å². The lowest BCUT2D eigenvalue weighted by Crippen LogP contribution is -2.39. The monoisotopic (exact) mass is 467 g/mol. The zero-order valence-corrected chi connectivity index (χ0v) is 19.9. The molecule has 0 spiro atoms. The number of piperidine rings is 1. The molecule has 1 aliphatic heterocycles. The predicted octanol–water partition coefficient (Wildman–Crippen LogP) is 4.65. The van der Waals surface area contributed by atoms with Gasteiger partial charge in [0.25, 0.3) is 5.91 Å². The Kier molecular flexibility index (Phi) is 6.57. The fraction of sp³-hybridized carbons (Fsp3) is 0.286. The Morgan fingerprint density at radius 3 is 2.66 bits per heavy atom. The Balaban J connectivity index is 1.42. The van der Waals surface area contributed by atoms with Crippen molar-refractivity contribution in [2.45, 2.75) is 38.6 Å². The quantitative estimate of drug-likeness (QED) is 0.448. The van der Waals surface area contributed by atoms with E-state index < -0.39 is 0 Å². The molecule has 3 heterocycles. The number of nitrogens with one attached hydrogen (secondary N) is 1. The third-order valence-corrected chi connectivity index (χ3v) is 6.59. The average molecular weight is 468 g/mol. The van der Waals surface area contributed by atoms with Crippen LogP contribution in [0.1, 0.15) is 47.3 Å². The van der Waals surface area contributed by atoms with Gasteiger partial charge in [-0.2, -0.15) is 0 Å². The summed E-state index contributed by atoms with van der Waals surface area (Å²) in [6.45, 7) is 3.56. The van der Waals surface area contributed by atoms with Gasteiger partial charge < -0.3 is 14.8 Å². The summed E-state index contributed by atoms with van der Waals surface area (Å²) < 4.78 is 2.01. The molecule has 178 valence electrons. The van der Waals surface area contributed by atoms with Crippen LogP contribution < -0.4 is 5.32 Å². The van der Waals surface area contributed by atoms with Gasteiger partial charge in [-0.15, -0.1) is 0 Å². The molecule has 1 saturated heterocycles. The Morgan fingerprint density at radius 2 is 1.89 bits per heavy atom. The molecule has 4 aromatic rings. The van der Waals surface area contributed by atoms with Gasteiger partial charge in [-0.3, -0.25) is 14.6 Å². The SMILES string of the molecule is CC(=O)Nc1cc(C(=O)N2CCCC(c3ccccc3)C2)cc2ncn(CCc3ccccn3)c12. The van der Waals surface area contributed by atoms with Gasteiger partial charge in [0, 0.05) is 56.4 Å². The fourth-order valence-corrected chi connectivity index (χ4v) is 4.91. The summed E-state index contributed by atoms with van der Waals surface area (Å²) >= 11 is 0. The van der Waals surface area contributed by atoms with Crippen molar-refractivity contribution in [1.29, 1.82) is 0 Å². The van der Waals surface area contributed by atoms with Gasteiger partial charge in [0.1, 0.15) is 0 Å². The first-order valence-electron chi connectivity index (χ1n) is 12.1. The smallest absolute Gasteiger partial charge is 0.254 e. The maximum Gasteiger partial charge on any atom is 0.254 e. The first-order valence-corrected chi connectivity index (χ1v) is 12.1. The number of pyridine rings is 1. The molecule has 1 unspecified atom stereocenters. The first-order chi connectivity index (χ1) is 17.1. The van der Waals surface area contributed by atoms with E-state index in [9.17, 15) is 9.59 Å². The number of rotatable bonds is 6. The molecule has 1 fully saturated rings. The van der Waals surface area contributed by atoms with Crippen LogP contribution in [0.4, 0.5) is 5.69 Å². The number of imidazole rings is 1. The van der Waals surface area contributed by atoms with Crippen molar-refractivity contribution in [2.24, 2.45) is 0 Å². The average Bonchev–Trinajstić information content (AvgIpc) is 3.31. The van der Waals surface area contributed by atoms with E-state index in [-0.39, 0.29) is 11.8 Å². The number of nitrogens with zero attached hydrogens (tertiary/aromatic N) is 4. The van der Waals surface area contributed by atoms with Crippen LogP contribution in [-0.2, 0) is 17.8 Å². The van der Waals surface area contributed by atoms with E-state index in [2.05, 4.69) is 27.4 Å². The summed E-state index contributed by atoms with van der Waals surface area (Å²) in [6, 6.07) is 19.9. The Labute approximate surface area is 204 Å². The molecule has 5 rings (SSSR count). The van der Waals surface area contributed by atoms with Gasteiger partial charge in [0.05, 0.1) is 23.0 Å². The lowest BCUT2D eigenvalue weighted by molar-refractivity contribution is -0.114. The number of aromatic nitrogens is 3. The number of hydrogen-bond acceptors (Lipinski definition) is 4. The predicted molar refractivity (Wildman–Crippen MR) is 136 cm³/mol. The van der Waals surface area contributed by atoms with Crippen molar-refractivity contribution < 1.29 is 9.59 Å². The van der Waals surface area contributed by atoms with Crippen LogP contribution in [0.25, 0.3) is 11.0 Å². The van der Waals surface area contributed by atoms with Crippen LogP contribution in [-0.4, -0.2) is 44.3 Å². The molecule has 0 saturated carbocycles. The van der Waals surface area contributed by atoms with Gasteiger partial charge in [-0.1, -0.05) is 36.4 Å². The van der Waals surface area contributed by atoms with Crippen molar-refractivity contribution in [3.8, 4) is 0 Å². The molecule has 2 amide bonds.